The molecule has 0 saturated heterocycles. The van der Waals surface area contributed by atoms with Gasteiger partial charge in [-0.2, -0.15) is 9.65 Å². The van der Waals surface area contributed by atoms with E-state index in [1.807, 2.05) is 0 Å². The first-order valence-electron chi connectivity index (χ1n) is 2.42. The number of hydrogen-bond acceptors (Lipinski definition) is 1. The van der Waals surface area contributed by atoms with Gasteiger partial charge >= 0.3 is 0 Å². The lowest BCUT2D eigenvalue weighted by atomic mass is 10.3. The number of nitriles is 1. The number of rotatable bonds is 1. The molecule has 0 radical (unpaired) electrons. The van der Waals surface area contributed by atoms with E-state index in [1.165, 1.54) is 0 Å². The Labute approximate surface area is 79.2 Å². The van der Waals surface area contributed by atoms with Crippen molar-refractivity contribution in [3.05, 3.63) is 11.7 Å². The third kappa shape index (κ3) is 2.70. The van der Waals surface area contributed by atoms with E-state index in [4.69, 9.17) is 5.26 Å². The molecule has 0 N–H and O–H groups in total. The van der Waals surface area contributed by atoms with E-state index in [1.54, 1.807) is 0 Å². The number of halogens is 5. The molecule has 12 heavy (non-hydrogen) atoms. The smallest absolute Gasteiger partial charge is 0.210 e. The number of allylic oxidation sites excluding steroid dienone is 2. The van der Waals surface area contributed by atoms with Crippen molar-refractivity contribution in [2.75, 3.05) is 0 Å². The standard InChI is InChI=1S/C6F4IN/c7-2-1-6(10,11)5(9)4(8)3-12/b5-4+. The molecule has 1 atom stereocenters. The number of nitrogens with zero attached hydrogens (tertiary/aromatic N) is 1. The topological polar surface area (TPSA) is 23.8 Å². The van der Waals surface area contributed by atoms with Gasteiger partial charge in [0.25, 0.3) is 3.68 Å². The maximum absolute atomic E-state index is 12.7. The van der Waals surface area contributed by atoms with Crippen LogP contribution in [0, 0.1) is 23.4 Å². The van der Waals surface area contributed by atoms with Gasteiger partial charge in [0.2, 0.25) is 11.7 Å². The first-order chi connectivity index (χ1) is 5.45. The van der Waals surface area contributed by atoms with E-state index in [-0.39, 0.29) is 0 Å². The lowest BCUT2D eigenvalue weighted by Gasteiger charge is -2.05. The zero-order valence-electron chi connectivity index (χ0n) is 5.34. The molecular weight excluding hydrogens is 289 g/mol. The second-order valence-electron chi connectivity index (χ2n) is 1.53. The molecule has 0 aliphatic carbocycles. The van der Waals surface area contributed by atoms with Crippen molar-refractivity contribution in [2.45, 2.75) is 3.68 Å². The molecule has 0 amide bonds. The summed E-state index contributed by atoms with van der Waals surface area (Å²) in [5.41, 5.74) is 0. The summed E-state index contributed by atoms with van der Waals surface area (Å²) in [6.07, 6.45) is 0.585. The predicted molar refractivity (Wildman–Crippen MR) is 41.6 cm³/mol. The Hall–Kier alpha value is -0.760. The Morgan fingerprint density at radius 3 is 2.25 bits per heavy atom. The zero-order valence-corrected chi connectivity index (χ0v) is 7.49. The van der Waals surface area contributed by atoms with Crippen LogP contribution in [0.3, 0.4) is 0 Å². The van der Waals surface area contributed by atoms with Crippen LogP contribution >= 0.6 is 22.6 Å². The van der Waals surface area contributed by atoms with Crippen LogP contribution in [0.2, 0.25) is 0 Å². The fourth-order valence-electron chi connectivity index (χ4n) is 0.301. The summed E-state index contributed by atoms with van der Waals surface area (Å²) in [7, 11) is 0. The van der Waals surface area contributed by atoms with Crippen LogP contribution in [-0.2, 0) is 0 Å². The van der Waals surface area contributed by atoms with Gasteiger partial charge in [0.15, 0.2) is 0 Å². The third-order valence-corrected chi connectivity index (χ3v) is 1.51. The van der Waals surface area contributed by atoms with Gasteiger partial charge in [-0.15, -0.1) is 4.39 Å². The average molecular weight is 289 g/mol. The largest absolute Gasteiger partial charge is 0.277 e. The molecule has 0 aliphatic heterocycles. The Balaban J connectivity index is 5.04. The van der Waals surface area contributed by atoms with E-state index < -0.39 is 15.3 Å². The van der Waals surface area contributed by atoms with Crippen LogP contribution in [0.1, 0.15) is 0 Å². The van der Waals surface area contributed by atoms with E-state index in [9.17, 15) is 17.6 Å². The van der Waals surface area contributed by atoms with Crippen molar-refractivity contribution in [3.63, 3.8) is 0 Å². The summed E-state index contributed by atoms with van der Waals surface area (Å²) in [4.78, 5) is 0. The fourth-order valence-corrected chi connectivity index (χ4v) is 0.640. The van der Waals surface area contributed by atoms with E-state index in [2.05, 4.69) is 0 Å². The van der Waals surface area contributed by atoms with Crippen LogP contribution in [0.5, 0.6) is 0 Å². The maximum atomic E-state index is 12.7. The highest BCUT2D eigenvalue weighted by atomic mass is 127. The SMILES string of the molecule is N#C/C(F)=C(\F)C(F)(I)C#CF. The van der Waals surface area contributed by atoms with Crippen molar-refractivity contribution in [2.24, 2.45) is 0 Å². The lowest BCUT2D eigenvalue weighted by Crippen LogP contribution is -2.11. The first-order valence-corrected chi connectivity index (χ1v) is 3.50. The van der Waals surface area contributed by atoms with Crippen LogP contribution < -0.4 is 0 Å². The molecule has 0 spiro atoms. The minimum atomic E-state index is -3.12. The Kier molecular flexibility index (Phi) is 4.04. The third-order valence-electron chi connectivity index (χ3n) is 0.771. The molecule has 0 heterocycles. The van der Waals surface area contributed by atoms with Crippen molar-refractivity contribution in [1.82, 2.24) is 0 Å². The molecule has 0 rings (SSSR count). The van der Waals surface area contributed by atoms with Gasteiger partial charge in [-0.25, -0.2) is 8.78 Å². The molecule has 0 saturated carbocycles. The van der Waals surface area contributed by atoms with Crippen molar-refractivity contribution in [3.8, 4) is 18.2 Å². The predicted octanol–water partition coefficient (Wildman–Crippen LogP) is 2.69. The monoisotopic (exact) mass is 289 g/mol. The molecule has 6 heteroatoms. The van der Waals surface area contributed by atoms with Crippen LogP contribution in [-0.4, -0.2) is 3.68 Å². The van der Waals surface area contributed by atoms with Gasteiger partial charge in [0.05, 0.1) is 0 Å². The highest BCUT2D eigenvalue weighted by molar-refractivity contribution is 14.1. The highest BCUT2D eigenvalue weighted by Gasteiger charge is 2.33. The molecular formula is C6F4IN. The van der Waals surface area contributed by atoms with Crippen LogP contribution in [0.15, 0.2) is 11.7 Å². The number of alkyl halides is 2. The molecule has 0 aliphatic rings. The summed E-state index contributed by atoms with van der Waals surface area (Å²) in [5.74, 6) is -2.86. The van der Waals surface area contributed by atoms with Crippen molar-refractivity contribution < 1.29 is 17.6 Å². The summed E-state index contributed by atoms with van der Waals surface area (Å²) >= 11 is 0.736. The second kappa shape index (κ2) is 4.31. The quantitative estimate of drug-likeness (QED) is 0.239. The van der Waals surface area contributed by atoms with Gasteiger partial charge < -0.3 is 0 Å². The Morgan fingerprint density at radius 1 is 1.42 bits per heavy atom. The van der Waals surface area contributed by atoms with Gasteiger partial charge in [0, 0.05) is 0 Å². The Bertz CT molecular complexity index is 304. The molecule has 0 aromatic carbocycles. The molecule has 0 bridgehead atoms. The fraction of sp³-hybridized carbons (Fsp3) is 0.167. The summed E-state index contributed by atoms with van der Waals surface area (Å²) in [6, 6.07) is 0.732. The molecule has 1 nitrogen and oxygen atoms in total. The summed E-state index contributed by atoms with van der Waals surface area (Å²) in [6.45, 7) is 0. The van der Waals surface area contributed by atoms with E-state index >= 15 is 0 Å². The Morgan fingerprint density at radius 2 is 1.92 bits per heavy atom. The normalized spacial score (nSPS) is 16.3. The molecule has 1 unspecified atom stereocenters. The summed E-state index contributed by atoms with van der Waals surface area (Å²) in [5, 5.41) is 7.80. The molecule has 64 valence electrons. The van der Waals surface area contributed by atoms with Crippen molar-refractivity contribution in [1.29, 1.82) is 5.26 Å². The summed E-state index contributed by atoms with van der Waals surface area (Å²) < 4.78 is 45.2. The number of hydrogen-bond donors (Lipinski definition) is 0. The van der Waals surface area contributed by atoms with Crippen molar-refractivity contribution >= 4 is 22.6 Å². The van der Waals surface area contributed by atoms with E-state index in [0.29, 0.717) is 6.17 Å². The minimum absolute atomic E-state index is 0.585. The van der Waals surface area contributed by atoms with Crippen LogP contribution in [0.4, 0.5) is 17.6 Å². The second-order valence-corrected chi connectivity index (χ2v) is 3.02. The first kappa shape index (κ1) is 11.2. The lowest BCUT2D eigenvalue weighted by molar-refractivity contribution is 0.359. The minimum Gasteiger partial charge on any atom is -0.210 e. The van der Waals surface area contributed by atoms with Gasteiger partial charge in [-0.1, -0.05) is 0 Å². The van der Waals surface area contributed by atoms with Crippen LogP contribution in [0.25, 0.3) is 0 Å². The van der Waals surface area contributed by atoms with Gasteiger partial charge in [0.1, 0.15) is 12.2 Å². The van der Waals surface area contributed by atoms with Gasteiger partial charge in [-0.05, 0) is 28.5 Å². The average Bonchev–Trinajstić information content (AvgIpc) is 2.01. The molecule has 0 fully saturated rings. The van der Waals surface area contributed by atoms with E-state index in [0.717, 1.165) is 34.6 Å². The molecule has 0 aromatic heterocycles. The maximum Gasteiger partial charge on any atom is 0.277 e. The highest BCUT2D eigenvalue weighted by Crippen LogP contribution is 2.32. The zero-order chi connectivity index (χ0) is 9.78. The molecule has 0 aromatic rings. The van der Waals surface area contributed by atoms with Gasteiger partial charge in [-0.3, -0.25) is 0 Å².